The Balaban J connectivity index is 2.41. The molecule has 1 amide bonds. The van der Waals surface area contributed by atoms with Crippen LogP contribution in [0.1, 0.15) is 11.1 Å². The molecule has 9 heteroatoms. The summed E-state index contributed by atoms with van der Waals surface area (Å²) in [6.45, 7) is 0. The summed E-state index contributed by atoms with van der Waals surface area (Å²) in [5.41, 5.74) is 0.928. The number of methoxy groups -OCH3 is 2. The standard InChI is InChI=1S/C20H17NO8/c1-27-16-10-13(3-6-14(16)22)11-18(20(25)21-26)29-15-7-4-12(5-8-19(23)24)9-17(15)28-2/h3-11,22H,1-2H3,(H,23,24)/b8-5+,18-11-. The fraction of sp³-hybridized carbons (Fsp3) is 0.100. The van der Waals surface area contributed by atoms with E-state index in [0.29, 0.717) is 11.1 Å². The van der Waals surface area contributed by atoms with Crippen LogP contribution in [0.2, 0.25) is 0 Å². The van der Waals surface area contributed by atoms with Crippen LogP contribution in [0.15, 0.2) is 53.4 Å². The molecule has 0 unspecified atom stereocenters. The molecule has 0 aliphatic rings. The van der Waals surface area contributed by atoms with E-state index in [-0.39, 0.29) is 28.8 Å². The van der Waals surface area contributed by atoms with Crippen LogP contribution in [-0.4, -0.2) is 36.3 Å². The van der Waals surface area contributed by atoms with Crippen LogP contribution in [0.3, 0.4) is 0 Å². The molecule has 0 saturated carbocycles. The van der Waals surface area contributed by atoms with Gasteiger partial charge in [0, 0.05) is 11.3 Å². The average Bonchev–Trinajstić information content (AvgIpc) is 2.72. The van der Waals surface area contributed by atoms with E-state index >= 15 is 0 Å². The molecule has 2 aromatic rings. The summed E-state index contributed by atoms with van der Waals surface area (Å²) >= 11 is 0. The molecule has 0 fully saturated rings. The lowest BCUT2D eigenvalue weighted by molar-refractivity contribution is -0.131. The number of benzene rings is 2. The smallest absolute Gasteiger partial charge is 0.351 e. The van der Waals surface area contributed by atoms with Crippen molar-refractivity contribution >= 4 is 24.0 Å². The number of rotatable bonds is 8. The number of hydrogen-bond donors (Lipinski definition) is 2. The van der Waals surface area contributed by atoms with Crippen LogP contribution in [0.4, 0.5) is 0 Å². The normalized spacial score (nSPS) is 11.2. The molecule has 0 aliphatic carbocycles. The first-order valence-electron chi connectivity index (χ1n) is 8.11. The highest BCUT2D eigenvalue weighted by molar-refractivity contribution is 5.97. The maximum Gasteiger partial charge on any atom is 0.351 e. The van der Waals surface area contributed by atoms with Gasteiger partial charge in [0.25, 0.3) is 0 Å². The Bertz CT molecular complexity index is 994. The molecule has 0 saturated heterocycles. The van der Waals surface area contributed by atoms with E-state index in [9.17, 15) is 19.6 Å². The van der Waals surface area contributed by atoms with Gasteiger partial charge in [-0.15, -0.1) is 4.91 Å². The molecule has 0 bridgehead atoms. The van der Waals surface area contributed by atoms with Gasteiger partial charge in [-0.05, 0) is 47.5 Å². The molecular weight excluding hydrogens is 382 g/mol. The number of nitroso groups, excluding NO2 is 1. The van der Waals surface area contributed by atoms with Gasteiger partial charge < -0.3 is 24.4 Å². The molecule has 0 atom stereocenters. The zero-order valence-electron chi connectivity index (χ0n) is 15.5. The molecule has 0 radical (unpaired) electrons. The van der Waals surface area contributed by atoms with E-state index < -0.39 is 11.9 Å². The number of carbonyl (C=O) groups excluding carboxylic acids is 1. The first-order valence-corrected chi connectivity index (χ1v) is 8.11. The van der Waals surface area contributed by atoms with E-state index in [0.717, 1.165) is 6.08 Å². The highest BCUT2D eigenvalue weighted by Crippen LogP contribution is 2.32. The summed E-state index contributed by atoms with van der Waals surface area (Å²) < 4.78 is 15.7. The van der Waals surface area contributed by atoms with Crippen molar-refractivity contribution in [1.82, 2.24) is 0 Å². The zero-order chi connectivity index (χ0) is 21.4. The van der Waals surface area contributed by atoms with Gasteiger partial charge in [0.1, 0.15) is 0 Å². The van der Waals surface area contributed by atoms with Gasteiger partial charge in [-0.3, -0.25) is 4.79 Å². The van der Waals surface area contributed by atoms with Crippen LogP contribution < -0.4 is 14.2 Å². The number of amides is 1. The van der Waals surface area contributed by atoms with Crippen LogP contribution >= 0.6 is 0 Å². The monoisotopic (exact) mass is 399 g/mol. The van der Waals surface area contributed by atoms with Crippen LogP contribution in [-0.2, 0) is 9.59 Å². The Labute approximate surface area is 165 Å². The number of aliphatic carboxylic acids is 1. The SMILES string of the molecule is COc1cc(/C=C(\Oc2ccc(/C=C/C(=O)O)cc2OC)C(=O)N=O)ccc1O. The van der Waals surface area contributed by atoms with Gasteiger partial charge in [0.05, 0.1) is 14.2 Å². The van der Waals surface area contributed by atoms with E-state index in [1.54, 1.807) is 0 Å². The lowest BCUT2D eigenvalue weighted by Gasteiger charge is -2.12. The minimum Gasteiger partial charge on any atom is -0.504 e. The molecular formula is C20H17NO8. The summed E-state index contributed by atoms with van der Waals surface area (Å²) in [4.78, 5) is 33.3. The number of ether oxygens (including phenoxy) is 3. The van der Waals surface area contributed by atoms with Crippen molar-refractivity contribution in [3.8, 4) is 23.0 Å². The Hall–Kier alpha value is -4.14. The quantitative estimate of drug-likeness (QED) is 0.393. The van der Waals surface area contributed by atoms with Crippen LogP contribution in [0.25, 0.3) is 12.2 Å². The van der Waals surface area contributed by atoms with Gasteiger partial charge in [-0.2, -0.15) is 0 Å². The van der Waals surface area contributed by atoms with Crippen molar-refractivity contribution in [2.75, 3.05) is 14.2 Å². The molecule has 0 aromatic heterocycles. The van der Waals surface area contributed by atoms with E-state index in [4.69, 9.17) is 19.3 Å². The number of hydrogen-bond acceptors (Lipinski definition) is 7. The zero-order valence-corrected chi connectivity index (χ0v) is 15.5. The second-order valence-corrected chi connectivity index (χ2v) is 5.52. The van der Waals surface area contributed by atoms with Crippen molar-refractivity contribution in [1.29, 1.82) is 0 Å². The third-order valence-corrected chi connectivity index (χ3v) is 3.62. The average molecular weight is 399 g/mol. The summed E-state index contributed by atoms with van der Waals surface area (Å²) in [6.07, 6.45) is 3.56. The Morgan fingerprint density at radius 2 is 1.62 bits per heavy atom. The third kappa shape index (κ3) is 5.67. The van der Waals surface area contributed by atoms with Crippen LogP contribution in [0, 0.1) is 4.91 Å². The highest BCUT2D eigenvalue weighted by atomic mass is 16.5. The summed E-state index contributed by atoms with van der Waals surface area (Å²) in [5, 5.41) is 20.7. The molecule has 2 rings (SSSR count). The minimum atomic E-state index is -1.16. The molecule has 9 nitrogen and oxygen atoms in total. The Morgan fingerprint density at radius 1 is 0.966 bits per heavy atom. The van der Waals surface area contributed by atoms with Gasteiger partial charge in [0.15, 0.2) is 28.8 Å². The molecule has 0 aliphatic heterocycles. The molecule has 0 heterocycles. The molecule has 0 spiro atoms. The van der Waals surface area contributed by atoms with Gasteiger partial charge in [-0.1, -0.05) is 12.1 Å². The largest absolute Gasteiger partial charge is 0.504 e. The Kier molecular flexibility index (Phi) is 7.08. The topological polar surface area (TPSA) is 132 Å². The predicted octanol–water partition coefficient (Wildman–Crippen LogP) is 3.22. The fourth-order valence-electron chi connectivity index (χ4n) is 2.27. The second-order valence-electron chi connectivity index (χ2n) is 5.52. The summed E-state index contributed by atoms with van der Waals surface area (Å²) in [6, 6.07) is 8.76. The molecule has 29 heavy (non-hydrogen) atoms. The highest BCUT2D eigenvalue weighted by Gasteiger charge is 2.16. The van der Waals surface area contributed by atoms with Gasteiger partial charge in [-0.25, -0.2) is 4.79 Å². The van der Waals surface area contributed by atoms with Crippen molar-refractivity contribution in [2.24, 2.45) is 5.18 Å². The van der Waals surface area contributed by atoms with Crippen LogP contribution in [0.5, 0.6) is 23.0 Å². The first kappa shape index (κ1) is 21.2. The molecule has 2 aromatic carbocycles. The number of nitrogens with zero attached hydrogens (tertiary/aromatic N) is 1. The van der Waals surface area contributed by atoms with Crippen molar-refractivity contribution in [3.63, 3.8) is 0 Å². The number of carbonyl (C=O) groups is 2. The first-order chi connectivity index (χ1) is 13.9. The fourth-order valence-corrected chi connectivity index (χ4v) is 2.27. The van der Waals surface area contributed by atoms with Crippen molar-refractivity contribution in [3.05, 3.63) is 64.3 Å². The van der Waals surface area contributed by atoms with E-state index in [2.05, 4.69) is 5.18 Å². The number of aromatic hydroxyl groups is 1. The number of phenols is 1. The molecule has 2 N–H and O–H groups in total. The lowest BCUT2D eigenvalue weighted by Crippen LogP contribution is -2.07. The second kappa shape index (κ2) is 9.70. The number of phenolic OH excluding ortho intramolecular Hbond substituents is 1. The maximum absolute atomic E-state index is 11.9. The summed E-state index contributed by atoms with van der Waals surface area (Å²) in [5.74, 6) is -2.29. The molecule has 150 valence electrons. The number of carboxylic acid groups (broad SMARTS) is 1. The predicted molar refractivity (Wildman–Crippen MR) is 104 cm³/mol. The van der Waals surface area contributed by atoms with Gasteiger partial charge >= 0.3 is 11.9 Å². The van der Waals surface area contributed by atoms with E-state index in [1.165, 1.54) is 62.8 Å². The van der Waals surface area contributed by atoms with Gasteiger partial charge in [0.2, 0.25) is 0 Å². The Morgan fingerprint density at radius 3 is 2.24 bits per heavy atom. The number of carboxylic acids is 1. The maximum atomic E-state index is 11.9. The van der Waals surface area contributed by atoms with E-state index in [1.807, 2.05) is 0 Å². The lowest BCUT2D eigenvalue weighted by atomic mass is 10.1. The van der Waals surface area contributed by atoms with Crippen molar-refractivity contribution in [2.45, 2.75) is 0 Å². The van der Waals surface area contributed by atoms with Crippen molar-refractivity contribution < 1.29 is 34.0 Å². The third-order valence-electron chi connectivity index (χ3n) is 3.62. The summed E-state index contributed by atoms with van der Waals surface area (Å²) in [7, 11) is 2.73. The minimum absolute atomic E-state index is 0.0985.